The van der Waals surface area contributed by atoms with Crippen molar-refractivity contribution >= 4 is 5.91 Å². The Morgan fingerprint density at radius 2 is 2.00 bits per heavy atom. The van der Waals surface area contributed by atoms with Crippen LogP contribution in [0.1, 0.15) is 45.6 Å². The Balaban J connectivity index is 1.68. The first kappa shape index (κ1) is 19.2. The van der Waals surface area contributed by atoms with Gasteiger partial charge < -0.3 is 9.64 Å². The summed E-state index contributed by atoms with van der Waals surface area (Å²) in [5, 5.41) is 0. The number of halogens is 1. The monoisotopic (exact) mass is 362 g/mol. The van der Waals surface area contributed by atoms with E-state index in [2.05, 4.69) is 30.6 Å². The van der Waals surface area contributed by atoms with Gasteiger partial charge in [-0.3, -0.25) is 9.69 Å². The molecule has 0 aliphatic carbocycles. The lowest BCUT2D eigenvalue weighted by Crippen LogP contribution is -2.52. The molecule has 1 unspecified atom stereocenters. The molecule has 4 nitrogen and oxygen atoms in total. The Kier molecular flexibility index (Phi) is 5.29. The number of carbonyl (C=O) groups is 1. The van der Waals surface area contributed by atoms with Crippen LogP contribution in [0.15, 0.2) is 18.2 Å². The van der Waals surface area contributed by atoms with Gasteiger partial charge in [0, 0.05) is 26.2 Å². The molecule has 0 aromatic heterocycles. The van der Waals surface area contributed by atoms with Crippen LogP contribution in [0, 0.1) is 16.6 Å². The summed E-state index contributed by atoms with van der Waals surface area (Å²) in [7, 11) is 1.48. The van der Waals surface area contributed by atoms with Crippen molar-refractivity contribution in [1.29, 1.82) is 0 Å². The number of ether oxygens (including phenoxy) is 1. The van der Waals surface area contributed by atoms with E-state index in [9.17, 15) is 9.18 Å². The van der Waals surface area contributed by atoms with E-state index in [-0.39, 0.29) is 22.4 Å². The van der Waals surface area contributed by atoms with Gasteiger partial charge >= 0.3 is 0 Å². The van der Waals surface area contributed by atoms with Gasteiger partial charge in [0.25, 0.3) is 0 Å². The molecule has 2 fully saturated rings. The number of piperidine rings is 1. The van der Waals surface area contributed by atoms with Gasteiger partial charge in [0.15, 0.2) is 11.6 Å². The lowest BCUT2D eigenvalue weighted by Gasteiger charge is -2.42. The Morgan fingerprint density at radius 3 is 2.69 bits per heavy atom. The van der Waals surface area contributed by atoms with Gasteiger partial charge in [-0.15, -0.1) is 0 Å². The number of rotatable bonds is 4. The van der Waals surface area contributed by atoms with Crippen molar-refractivity contribution in [3.63, 3.8) is 0 Å². The van der Waals surface area contributed by atoms with Crippen molar-refractivity contribution in [1.82, 2.24) is 9.80 Å². The maximum Gasteiger partial charge on any atom is 0.230 e. The quantitative estimate of drug-likeness (QED) is 0.819. The Bertz CT molecular complexity index is 670. The number of nitrogens with zero attached hydrogens (tertiary/aromatic N) is 2. The highest BCUT2D eigenvalue weighted by Gasteiger charge is 2.48. The van der Waals surface area contributed by atoms with Crippen molar-refractivity contribution in [2.45, 2.75) is 46.6 Å². The lowest BCUT2D eigenvalue weighted by atomic mass is 9.77. The van der Waals surface area contributed by atoms with E-state index < -0.39 is 0 Å². The zero-order chi connectivity index (χ0) is 18.9. The lowest BCUT2D eigenvalue weighted by molar-refractivity contribution is -0.147. The van der Waals surface area contributed by atoms with Crippen molar-refractivity contribution in [3.05, 3.63) is 29.6 Å². The fourth-order valence-electron chi connectivity index (χ4n) is 4.41. The minimum Gasteiger partial charge on any atom is -0.494 e. The van der Waals surface area contributed by atoms with Gasteiger partial charge in [0.05, 0.1) is 12.5 Å². The molecule has 0 saturated carbocycles. The van der Waals surface area contributed by atoms with Crippen molar-refractivity contribution < 1.29 is 13.9 Å². The molecule has 2 aliphatic rings. The molecule has 2 saturated heterocycles. The number of amides is 1. The molecule has 1 aromatic rings. The topological polar surface area (TPSA) is 32.8 Å². The minimum absolute atomic E-state index is 0.122. The SMILES string of the molecule is COc1cc(CN2CCC3(CCCN(CC(C)(C)C)C3=O)C2)ccc1F. The first-order valence-electron chi connectivity index (χ1n) is 9.57. The second-order valence-corrected chi connectivity index (χ2v) is 9.10. The number of methoxy groups -OCH3 is 1. The molecule has 0 N–H and O–H groups in total. The number of hydrogen-bond acceptors (Lipinski definition) is 3. The van der Waals surface area contributed by atoms with Crippen LogP contribution in [0.25, 0.3) is 0 Å². The van der Waals surface area contributed by atoms with Crippen molar-refractivity contribution in [3.8, 4) is 5.75 Å². The molecule has 0 radical (unpaired) electrons. The molecule has 144 valence electrons. The number of hydrogen-bond donors (Lipinski definition) is 0. The Labute approximate surface area is 156 Å². The predicted octanol–water partition coefficient (Wildman–Crippen LogP) is 3.69. The van der Waals surface area contributed by atoms with Crippen LogP contribution >= 0.6 is 0 Å². The molecule has 2 aliphatic heterocycles. The van der Waals surface area contributed by atoms with E-state index in [1.54, 1.807) is 12.1 Å². The van der Waals surface area contributed by atoms with Crippen LogP contribution in [-0.4, -0.2) is 49.0 Å². The summed E-state index contributed by atoms with van der Waals surface area (Å²) < 4.78 is 18.7. The highest BCUT2D eigenvalue weighted by atomic mass is 19.1. The molecule has 5 heteroatoms. The molecule has 1 spiro atoms. The van der Waals surface area contributed by atoms with E-state index in [4.69, 9.17) is 4.74 Å². The van der Waals surface area contributed by atoms with Crippen LogP contribution in [0.2, 0.25) is 0 Å². The summed E-state index contributed by atoms with van der Waals surface area (Å²) in [5.74, 6) is 0.272. The zero-order valence-electron chi connectivity index (χ0n) is 16.5. The van der Waals surface area contributed by atoms with Gasteiger partial charge in [-0.05, 0) is 48.9 Å². The highest BCUT2D eigenvalue weighted by Crippen LogP contribution is 2.41. The Morgan fingerprint density at radius 1 is 1.23 bits per heavy atom. The molecule has 0 bridgehead atoms. The standard InChI is InChI=1S/C21H31FN2O2/c1-20(2,3)14-24-10-5-8-21(19(24)25)9-11-23(15-21)13-16-6-7-17(22)18(12-16)26-4/h6-7,12H,5,8-11,13-15H2,1-4H3. The van der Waals surface area contributed by atoms with Crippen molar-refractivity contribution in [2.75, 3.05) is 33.3 Å². The van der Waals surface area contributed by atoms with E-state index in [0.717, 1.165) is 57.5 Å². The van der Waals surface area contributed by atoms with E-state index in [1.165, 1.54) is 13.2 Å². The van der Waals surface area contributed by atoms with E-state index in [1.807, 2.05) is 0 Å². The van der Waals surface area contributed by atoms with Gasteiger partial charge in [-0.2, -0.15) is 0 Å². The fourth-order valence-corrected chi connectivity index (χ4v) is 4.41. The van der Waals surface area contributed by atoms with Crippen LogP contribution in [0.3, 0.4) is 0 Å². The number of likely N-dealkylation sites (tertiary alicyclic amines) is 2. The second-order valence-electron chi connectivity index (χ2n) is 9.10. The molecule has 3 rings (SSSR count). The van der Waals surface area contributed by atoms with Crippen LogP contribution < -0.4 is 4.74 Å². The summed E-state index contributed by atoms with van der Waals surface area (Å²) in [6, 6.07) is 5.02. The van der Waals surface area contributed by atoms with Gasteiger partial charge in [-0.1, -0.05) is 26.8 Å². The molecule has 1 aromatic carbocycles. The maximum absolute atomic E-state index is 13.6. The number of benzene rings is 1. The smallest absolute Gasteiger partial charge is 0.230 e. The predicted molar refractivity (Wildman–Crippen MR) is 101 cm³/mol. The van der Waals surface area contributed by atoms with Crippen LogP contribution in [0.5, 0.6) is 5.75 Å². The first-order chi connectivity index (χ1) is 12.2. The Hall–Kier alpha value is -1.62. The third-order valence-corrected chi connectivity index (χ3v) is 5.54. The normalized spacial score (nSPS) is 24.5. The first-order valence-corrected chi connectivity index (χ1v) is 9.57. The molecule has 1 amide bonds. The van der Waals surface area contributed by atoms with Crippen molar-refractivity contribution in [2.24, 2.45) is 10.8 Å². The molecular formula is C21H31FN2O2. The van der Waals surface area contributed by atoms with E-state index >= 15 is 0 Å². The molecule has 26 heavy (non-hydrogen) atoms. The summed E-state index contributed by atoms with van der Waals surface area (Å²) in [6.45, 7) is 10.7. The average Bonchev–Trinajstić information content (AvgIpc) is 2.96. The number of carbonyl (C=O) groups excluding carboxylic acids is 1. The zero-order valence-corrected chi connectivity index (χ0v) is 16.5. The van der Waals surface area contributed by atoms with Gasteiger partial charge in [0.1, 0.15) is 0 Å². The molecule has 2 heterocycles. The fraction of sp³-hybridized carbons (Fsp3) is 0.667. The average molecular weight is 362 g/mol. The minimum atomic E-state index is -0.338. The summed E-state index contributed by atoms with van der Waals surface area (Å²) in [6.07, 6.45) is 2.99. The second kappa shape index (κ2) is 7.18. The highest BCUT2D eigenvalue weighted by molar-refractivity contribution is 5.84. The summed E-state index contributed by atoms with van der Waals surface area (Å²) >= 11 is 0. The summed E-state index contributed by atoms with van der Waals surface area (Å²) in [5.41, 5.74) is 0.917. The molecule has 1 atom stereocenters. The van der Waals surface area contributed by atoms with Gasteiger partial charge in [0.2, 0.25) is 5.91 Å². The van der Waals surface area contributed by atoms with Crippen LogP contribution in [-0.2, 0) is 11.3 Å². The third kappa shape index (κ3) is 4.03. The maximum atomic E-state index is 13.6. The van der Waals surface area contributed by atoms with Gasteiger partial charge in [-0.25, -0.2) is 4.39 Å². The summed E-state index contributed by atoms with van der Waals surface area (Å²) in [4.78, 5) is 17.6. The van der Waals surface area contributed by atoms with E-state index in [0.29, 0.717) is 5.91 Å². The van der Waals surface area contributed by atoms with Crippen LogP contribution in [0.4, 0.5) is 4.39 Å². The molecular weight excluding hydrogens is 331 g/mol. The largest absolute Gasteiger partial charge is 0.494 e. The third-order valence-electron chi connectivity index (χ3n) is 5.54.